The van der Waals surface area contributed by atoms with Crippen molar-refractivity contribution < 1.29 is 22.8 Å². The number of rotatable bonds is 6. The van der Waals surface area contributed by atoms with Gasteiger partial charge in [0.2, 0.25) is 0 Å². The van der Waals surface area contributed by atoms with E-state index in [1.807, 2.05) is 35.2 Å². The number of amides is 3. The molecule has 1 heterocycles. The molecule has 0 bridgehead atoms. The lowest BCUT2D eigenvalue weighted by atomic mass is 10.0. The zero-order valence-electron chi connectivity index (χ0n) is 16.5. The van der Waals surface area contributed by atoms with E-state index in [4.69, 9.17) is 0 Å². The third-order valence-electron chi connectivity index (χ3n) is 4.75. The van der Waals surface area contributed by atoms with E-state index in [0.717, 1.165) is 0 Å². The molecule has 0 aromatic heterocycles. The first kappa shape index (κ1) is 21.8. The van der Waals surface area contributed by atoms with Crippen LogP contribution in [0.5, 0.6) is 0 Å². The third-order valence-corrected chi connectivity index (χ3v) is 6.03. The van der Waals surface area contributed by atoms with Crippen molar-refractivity contribution in [3.8, 4) is 0 Å². The first-order chi connectivity index (χ1) is 14.4. The number of likely N-dealkylation sites (tertiary alicyclic amines) is 1. The molecule has 10 heteroatoms. The summed E-state index contributed by atoms with van der Waals surface area (Å²) in [5, 5.41) is 5.71. The predicted octanol–water partition coefficient (Wildman–Crippen LogP) is 1.95. The summed E-state index contributed by atoms with van der Waals surface area (Å²) in [6, 6.07) is 14.6. The summed E-state index contributed by atoms with van der Waals surface area (Å²) in [4.78, 5) is 32.9. The SMILES string of the molecule is CONS(=O)(=O)c1ccc(C(=O)N2CCC(NC(=O)Nc3ccccc3)CC2)cc1. The number of benzene rings is 2. The van der Waals surface area contributed by atoms with E-state index in [9.17, 15) is 18.0 Å². The van der Waals surface area contributed by atoms with Crippen LogP contribution in [-0.2, 0) is 14.9 Å². The molecule has 2 aromatic carbocycles. The summed E-state index contributed by atoms with van der Waals surface area (Å²) in [5.41, 5.74) is 1.12. The topological polar surface area (TPSA) is 117 Å². The number of anilines is 1. The van der Waals surface area contributed by atoms with Crippen LogP contribution >= 0.6 is 0 Å². The maximum atomic E-state index is 12.7. The van der Waals surface area contributed by atoms with Gasteiger partial charge in [0.1, 0.15) is 0 Å². The smallest absolute Gasteiger partial charge is 0.319 e. The number of piperidine rings is 1. The highest BCUT2D eigenvalue weighted by molar-refractivity contribution is 7.89. The minimum atomic E-state index is -3.76. The molecular weight excluding hydrogens is 408 g/mol. The summed E-state index contributed by atoms with van der Waals surface area (Å²) >= 11 is 0. The summed E-state index contributed by atoms with van der Waals surface area (Å²) in [7, 11) is -2.55. The maximum absolute atomic E-state index is 12.7. The van der Waals surface area contributed by atoms with E-state index < -0.39 is 10.0 Å². The lowest BCUT2D eigenvalue weighted by molar-refractivity contribution is 0.0708. The molecule has 3 rings (SSSR count). The van der Waals surface area contributed by atoms with Crippen molar-refractivity contribution in [1.29, 1.82) is 0 Å². The van der Waals surface area contributed by atoms with Crippen LogP contribution in [0.3, 0.4) is 0 Å². The van der Waals surface area contributed by atoms with E-state index >= 15 is 0 Å². The van der Waals surface area contributed by atoms with Gasteiger partial charge >= 0.3 is 6.03 Å². The Bertz CT molecular complexity index is 972. The number of urea groups is 1. The van der Waals surface area contributed by atoms with Gasteiger partial charge in [0.25, 0.3) is 15.9 Å². The molecule has 0 unspecified atom stereocenters. The summed E-state index contributed by atoms with van der Waals surface area (Å²) in [6.45, 7) is 1.00. The molecular formula is C20H24N4O5S. The predicted molar refractivity (Wildman–Crippen MR) is 111 cm³/mol. The number of nitrogens with one attached hydrogen (secondary N) is 3. The number of carbonyl (C=O) groups excluding carboxylic acids is 2. The van der Waals surface area contributed by atoms with E-state index in [1.165, 1.54) is 31.4 Å². The van der Waals surface area contributed by atoms with Gasteiger partial charge in [-0.25, -0.2) is 13.2 Å². The van der Waals surface area contributed by atoms with Crippen LogP contribution in [0, 0.1) is 0 Å². The Balaban J connectivity index is 1.51. The van der Waals surface area contributed by atoms with Crippen molar-refractivity contribution in [3.05, 3.63) is 60.2 Å². The Morgan fingerprint density at radius 3 is 2.23 bits per heavy atom. The highest BCUT2D eigenvalue weighted by Crippen LogP contribution is 2.16. The summed E-state index contributed by atoms with van der Waals surface area (Å²) in [6.07, 6.45) is 1.27. The van der Waals surface area contributed by atoms with Crippen LogP contribution in [0.2, 0.25) is 0 Å². The van der Waals surface area contributed by atoms with Gasteiger partial charge in [0, 0.05) is 30.4 Å². The van der Waals surface area contributed by atoms with Crippen molar-refractivity contribution in [2.45, 2.75) is 23.8 Å². The zero-order chi connectivity index (χ0) is 21.6. The van der Waals surface area contributed by atoms with E-state index in [0.29, 0.717) is 37.2 Å². The average Bonchev–Trinajstić information content (AvgIpc) is 2.74. The summed E-state index contributed by atoms with van der Waals surface area (Å²) in [5.74, 6) is -0.175. The Labute approximate surface area is 175 Å². The largest absolute Gasteiger partial charge is 0.338 e. The van der Waals surface area contributed by atoms with Gasteiger partial charge in [-0.3, -0.25) is 9.63 Å². The van der Waals surface area contributed by atoms with Crippen molar-refractivity contribution in [2.75, 3.05) is 25.5 Å². The fraction of sp³-hybridized carbons (Fsp3) is 0.300. The molecule has 1 saturated heterocycles. The van der Waals surface area contributed by atoms with Crippen LogP contribution in [0.25, 0.3) is 0 Å². The zero-order valence-corrected chi connectivity index (χ0v) is 17.3. The standard InChI is InChI=1S/C20H24N4O5S/c1-29-23-30(27,28)18-9-7-15(8-10-18)19(25)24-13-11-17(12-14-24)22-20(26)21-16-5-3-2-4-6-16/h2-10,17,23H,11-14H2,1H3,(H2,21,22,26). The van der Waals surface area contributed by atoms with Crippen molar-refractivity contribution >= 4 is 27.6 Å². The lowest BCUT2D eigenvalue weighted by Crippen LogP contribution is -2.47. The Hall–Kier alpha value is -2.95. The number of hydrogen-bond donors (Lipinski definition) is 3. The molecule has 3 N–H and O–H groups in total. The molecule has 30 heavy (non-hydrogen) atoms. The van der Waals surface area contributed by atoms with Crippen LogP contribution in [-0.4, -0.2) is 51.5 Å². The normalized spacial score (nSPS) is 14.9. The maximum Gasteiger partial charge on any atom is 0.319 e. The molecule has 1 fully saturated rings. The molecule has 9 nitrogen and oxygen atoms in total. The molecule has 0 aliphatic carbocycles. The van der Waals surface area contributed by atoms with Gasteiger partial charge < -0.3 is 15.5 Å². The lowest BCUT2D eigenvalue weighted by Gasteiger charge is -2.32. The Morgan fingerprint density at radius 1 is 1.00 bits per heavy atom. The van der Waals surface area contributed by atoms with Gasteiger partial charge in [-0.05, 0) is 49.2 Å². The van der Waals surface area contributed by atoms with Gasteiger partial charge in [-0.1, -0.05) is 23.1 Å². The second kappa shape index (κ2) is 9.70. The highest BCUT2D eigenvalue weighted by atomic mass is 32.2. The van der Waals surface area contributed by atoms with Gasteiger partial charge in [-0.15, -0.1) is 0 Å². The van der Waals surface area contributed by atoms with E-state index in [1.54, 1.807) is 4.90 Å². The molecule has 0 atom stereocenters. The molecule has 0 saturated carbocycles. The molecule has 2 aromatic rings. The first-order valence-corrected chi connectivity index (χ1v) is 10.9. The number of hydrogen-bond acceptors (Lipinski definition) is 5. The second-order valence-corrected chi connectivity index (χ2v) is 8.49. The second-order valence-electron chi connectivity index (χ2n) is 6.85. The van der Waals surface area contributed by atoms with Crippen molar-refractivity contribution in [1.82, 2.24) is 15.1 Å². The van der Waals surface area contributed by atoms with Crippen molar-refractivity contribution in [3.63, 3.8) is 0 Å². The van der Waals surface area contributed by atoms with Crippen LogP contribution in [0.15, 0.2) is 59.5 Å². The molecule has 0 spiro atoms. The third kappa shape index (κ3) is 5.56. The number of para-hydroxylation sites is 1. The van der Waals surface area contributed by atoms with Gasteiger partial charge in [-0.2, -0.15) is 0 Å². The Morgan fingerprint density at radius 2 is 1.63 bits per heavy atom. The molecule has 3 amide bonds. The van der Waals surface area contributed by atoms with E-state index in [2.05, 4.69) is 15.5 Å². The quantitative estimate of drug-likeness (QED) is 0.603. The highest BCUT2D eigenvalue weighted by Gasteiger charge is 2.25. The van der Waals surface area contributed by atoms with Crippen molar-refractivity contribution in [2.24, 2.45) is 0 Å². The summed E-state index contributed by atoms with van der Waals surface area (Å²) < 4.78 is 23.8. The van der Waals surface area contributed by atoms with E-state index in [-0.39, 0.29) is 22.9 Å². The first-order valence-electron chi connectivity index (χ1n) is 9.46. The van der Waals surface area contributed by atoms with Crippen LogP contribution in [0.4, 0.5) is 10.5 Å². The van der Waals surface area contributed by atoms with Crippen LogP contribution in [0.1, 0.15) is 23.2 Å². The minimum Gasteiger partial charge on any atom is -0.338 e. The molecule has 1 aliphatic rings. The monoisotopic (exact) mass is 432 g/mol. The molecule has 160 valence electrons. The minimum absolute atomic E-state index is 0.00763. The van der Waals surface area contributed by atoms with Gasteiger partial charge in [0.15, 0.2) is 0 Å². The average molecular weight is 433 g/mol. The number of nitrogens with zero attached hydrogens (tertiary/aromatic N) is 1. The number of carbonyl (C=O) groups is 2. The van der Waals surface area contributed by atoms with Crippen LogP contribution < -0.4 is 15.5 Å². The fourth-order valence-electron chi connectivity index (χ4n) is 3.22. The fourth-order valence-corrected chi connectivity index (χ4v) is 4.03. The Kier molecular flexibility index (Phi) is 7.03. The van der Waals surface area contributed by atoms with Gasteiger partial charge in [0.05, 0.1) is 12.0 Å². The molecule has 1 aliphatic heterocycles. The molecule has 0 radical (unpaired) electrons. The number of sulfonamides is 1.